The predicted octanol–water partition coefficient (Wildman–Crippen LogP) is 0.798. The van der Waals surface area contributed by atoms with Gasteiger partial charge in [0.05, 0.1) is 0 Å². The van der Waals surface area contributed by atoms with Crippen LogP contribution in [-0.4, -0.2) is 65.3 Å². The first-order valence-corrected chi connectivity index (χ1v) is 7.48. The second kappa shape index (κ2) is 5.61. The summed E-state index contributed by atoms with van der Waals surface area (Å²) in [4.78, 5) is 4.18. The standard InChI is InChI=1S/C9H17N2OS2/c12-9(10-1-5-13-6-2-10)11-3-7-14-8-4-11/h9H,1-8H2. The van der Waals surface area contributed by atoms with Gasteiger partial charge in [-0.1, -0.05) is 0 Å². The van der Waals surface area contributed by atoms with Crippen molar-refractivity contribution in [3.05, 3.63) is 0 Å². The highest BCUT2D eigenvalue weighted by Crippen LogP contribution is 2.17. The van der Waals surface area contributed by atoms with Gasteiger partial charge in [0.25, 0.3) is 0 Å². The molecule has 0 atom stereocenters. The Morgan fingerprint density at radius 2 is 1.14 bits per heavy atom. The van der Waals surface area contributed by atoms with Gasteiger partial charge in [-0.3, -0.25) is 9.80 Å². The summed E-state index contributed by atoms with van der Waals surface area (Å²) in [5.41, 5.74) is 0. The second-order valence-corrected chi connectivity index (χ2v) is 6.07. The molecule has 0 aromatic carbocycles. The van der Waals surface area contributed by atoms with Gasteiger partial charge < -0.3 is 0 Å². The van der Waals surface area contributed by atoms with E-state index in [2.05, 4.69) is 9.80 Å². The van der Waals surface area contributed by atoms with Crippen LogP contribution in [0.1, 0.15) is 0 Å². The molecular weight excluding hydrogens is 216 g/mol. The summed E-state index contributed by atoms with van der Waals surface area (Å²) in [6, 6.07) is 0. The van der Waals surface area contributed by atoms with E-state index in [9.17, 15) is 5.11 Å². The van der Waals surface area contributed by atoms with Gasteiger partial charge in [-0.25, -0.2) is 0 Å². The van der Waals surface area contributed by atoms with Crippen LogP contribution < -0.4 is 0 Å². The zero-order valence-corrected chi connectivity index (χ0v) is 9.99. The molecule has 0 aromatic heterocycles. The molecule has 2 aliphatic heterocycles. The fourth-order valence-electron chi connectivity index (χ4n) is 1.83. The lowest BCUT2D eigenvalue weighted by Crippen LogP contribution is -2.52. The highest BCUT2D eigenvalue weighted by atomic mass is 32.2. The molecule has 14 heavy (non-hydrogen) atoms. The van der Waals surface area contributed by atoms with Crippen LogP contribution in [0.5, 0.6) is 0 Å². The summed E-state index contributed by atoms with van der Waals surface area (Å²) >= 11 is 3.92. The molecule has 2 heterocycles. The third-order valence-electron chi connectivity index (χ3n) is 2.72. The van der Waals surface area contributed by atoms with Crippen molar-refractivity contribution in [3.63, 3.8) is 0 Å². The van der Waals surface area contributed by atoms with Gasteiger partial charge in [-0.2, -0.15) is 28.6 Å². The lowest BCUT2D eigenvalue weighted by molar-refractivity contribution is -0.146. The Labute approximate surface area is 94.2 Å². The van der Waals surface area contributed by atoms with E-state index in [1.807, 2.05) is 23.5 Å². The van der Waals surface area contributed by atoms with E-state index in [0.717, 1.165) is 49.2 Å². The van der Waals surface area contributed by atoms with Crippen LogP contribution in [0.2, 0.25) is 0 Å². The normalized spacial score (nSPS) is 27.0. The van der Waals surface area contributed by atoms with E-state index in [0.29, 0.717) is 0 Å². The molecule has 0 N–H and O–H groups in total. The van der Waals surface area contributed by atoms with Crippen LogP contribution in [0.4, 0.5) is 0 Å². The van der Waals surface area contributed by atoms with E-state index in [-0.39, 0.29) is 0 Å². The largest absolute Gasteiger partial charge is 0.261 e. The fraction of sp³-hybridized carbons (Fsp3) is 1.00. The number of thioether (sulfide) groups is 2. The lowest BCUT2D eigenvalue weighted by Gasteiger charge is -2.37. The Morgan fingerprint density at radius 1 is 0.786 bits per heavy atom. The quantitative estimate of drug-likeness (QED) is 0.705. The number of rotatable bonds is 2. The summed E-state index contributed by atoms with van der Waals surface area (Å²) in [7, 11) is 0. The summed E-state index contributed by atoms with van der Waals surface area (Å²) in [5.74, 6) is 4.51. The first-order valence-electron chi connectivity index (χ1n) is 5.17. The molecule has 1 radical (unpaired) electrons. The average Bonchev–Trinajstić information content (AvgIpc) is 2.30. The minimum atomic E-state index is -0.572. The van der Waals surface area contributed by atoms with Crippen molar-refractivity contribution >= 4 is 23.5 Å². The van der Waals surface area contributed by atoms with Gasteiger partial charge in [-0.05, 0) is 0 Å². The van der Waals surface area contributed by atoms with Gasteiger partial charge in [0.1, 0.15) is 0 Å². The van der Waals surface area contributed by atoms with E-state index in [1.54, 1.807) is 0 Å². The van der Waals surface area contributed by atoms with E-state index >= 15 is 0 Å². The van der Waals surface area contributed by atoms with E-state index in [1.165, 1.54) is 0 Å². The van der Waals surface area contributed by atoms with E-state index in [4.69, 9.17) is 0 Å². The molecule has 0 bridgehead atoms. The van der Waals surface area contributed by atoms with Crippen molar-refractivity contribution in [2.24, 2.45) is 0 Å². The first kappa shape index (κ1) is 11.1. The molecule has 0 unspecified atom stereocenters. The van der Waals surface area contributed by atoms with E-state index < -0.39 is 6.35 Å². The molecule has 0 aromatic rings. The Balaban J connectivity index is 1.82. The molecular formula is C9H17N2OS2. The highest BCUT2D eigenvalue weighted by Gasteiger charge is 2.26. The summed E-state index contributed by atoms with van der Waals surface area (Å²) in [5, 5.41) is 12.1. The highest BCUT2D eigenvalue weighted by molar-refractivity contribution is 7.99. The van der Waals surface area contributed by atoms with Crippen molar-refractivity contribution in [3.8, 4) is 0 Å². The number of hydrogen-bond acceptors (Lipinski definition) is 4. The minimum absolute atomic E-state index is 0.572. The molecule has 2 fully saturated rings. The second-order valence-electron chi connectivity index (χ2n) is 3.62. The van der Waals surface area contributed by atoms with Crippen LogP contribution in [0, 0.1) is 0 Å². The summed E-state index contributed by atoms with van der Waals surface area (Å²) in [6.07, 6.45) is -0.572. The van der Waals surface area contributed by atoms with Crippen LogP contribution in [0.25, 0.3) is 0 Å². The maximum Gasteiger partial charge on any atom is 0.202 e. The third kappa shape index (κ3) is 2.79. The van der Waals surface area contributed by atoms with Crippen molar-refractivity contribution in [1.82, 2.24) is 9.80 Å². The molecule has 5 heteroatoms. The maximum absolute atomic E-state index is 12.1. The zero-order valence-electron chi connectivity index (χ0n) is 8.35. The zero-order chi connectivity index (χ0) is 9.80. The van der Waals surface area contributed by atoms with Gasteiger partial charge in [0.15, 0.2) is 0 Å². The molecule has 0 amide bonds. The van der Waals surface area contributed by atoms with Crippen molar-refractivity contribution in [1.29, 1.82) is 0 Å². The molecule has 2 saturated heterocycles. The van der Waals surface area contributed by atoms with Crippen molar-refractivity contribution in [2.45, 2.75) is 6.35 Å². The summed E-state index contributed by atoms with van der Waals surface area (Å²) < 4.78 is 0. The molecule has 0 spiro atoms. The van der Waals surface area contributed by atoms with Gasteiger partial charge >= 0.3 is 0 Å². The number of hydrogen-bond donors (Lipinski definition) is 0. The molecule has 3 nitrogen and oxygen atoms in total. The monoisotopic (exact) mass is 233 g/mol. The van der Waals surface area contributed by atoms with Gasteiger partial charge in [0, 0.05) is 49.2 Å². The smallest absolute Gasteiger partial charge is 0.202 e. The Morgan fingerprint density at radius 3 is 1.50 bits per heavy atom. The SMILES string of the molecule is [O]C(N1CCSCC1)N1CCSCC1. The summed E-state index contributed by atoms with van der Waals surface area (Å²) in [6.45, 7) is 3.90. The number of nitrogens with zero attached hydrogens (tertiary/aromatic N) is 2. The lowest BCUT2D eigenvalue weighted by atomic mass is 10.4. The molecule has 0 aliphatic carbocycles. The molecule has 0 saturated carbocycles. The van der Waals surface area contributed by atoms with Crippen LogP contribution in [0.3, 0.4) is 0 Å². The van der Waals surface area contributed by atoms with Gasteiger partial charge in [-0.15, -0.1) is 0 Å². The topological polar surface area (TPSA) is 26.4 Å². The molecule has 2 rings (SSSR count). The third-order valence-corrected chi connectivity index (χ3v) is 4.60. The Bertz CT molecular complexity index is 152. The first-order chi connectivity index (χ1) is 6.88. The maximum atomic E-state index is 12.1. The molecule has 2 aliphatic rings. The average molecular weight is 233 g/mol. The molecule has 81 valence electrons. The Kier molecular flexibility index (Phi) is 4.44. The van der Waals surface area contributed by atoms with Crippen LogP contribution >= 0.6 is 23.5 Å². The van der Waals surface area contributed by atoms with Gasteiger partial charge in [0.2, 0.25) is 6.35 Å². The fourth-order valence-corrected chi connectivity index (χ4v) is 3.69. The van der Waals surface area contributed by atoms with Crippen LogP contribution in [-0.2, 0) is 5.11 Å². The van der Waals surface area contributed by atoms with Crippen LogP contribution in [0.15, 0.2) is 0 Å². The predicted molar refractivity (Wildman–Crippen MR) is 62.3 cm³/mol. The van der Waals surface area contributed by atoms with Crippen molar-refractivity contribution < 1.29 is 5.11 Å². The Hall–Kier alpha value is 0.580. The van der Waals surface area contributed by atoms with Crippen molar-refractivity contribution in [2.75, 3.05) is 49.2 Å². The minimum Gasteiger partial charge on any atom is -0.261 e.